The number of anilines is 1. The molecule has 2 aromatic rings. The molecule has 34 heavy (non-hydrogen) atoms. The van der Waals surface area contributed by atoms with Crippen molar-refractivity contribution in [2.24, 2.45) is 5.92 Å². The summed E-state index contributed by atoms with van der Waals surface area (Å²) in [5.41, 5.74) is 2.80. The molecule has 0 saturated carbocycles. The van der Waals surface area contributed by atoms with Crippen molar-refractivity contribution in [1.29, 1.82) is 0 Å². The number of nitro groups is 1. The Balaban J connectivity index is 1.46. The first kappa shape index (κ1) is 24.2. The molecule has 0 radical (unpaired) electrons. The molecule has 1 aliphatic heterocycles. The zero-order valence-corrected chi connectivity index (χ0v) is 18.2. The van der Waals surface area contributed by atoms with Crippen LogP contribution in [0.15, 0.2) is 48.5 Å². The van der Waals surface area contributed by atoms with Crippen LogP contribution in [-0.4, -0.2) is 53.4 Å². The van der Waals surface area contributed by atoms with Crippen LogP contribution in [0.25, 0.3) is 0 Å². The fourth-order valence-corrected chi connectivity index (χ4v) is 3.15. The first-order chi connectivity index (χ1) is 16.3. The molecule has 0 bridgehead atoms. The Kier molecular flexibility index (Phi) is 7.75. The number of benzene rings is 2. The number of carbonyl (C=O) groups is 4. The number of esters is 1. The van der Waals surface area contributed by atoms with E-state index in [0.717, 1.165) is 5.01 Å². The third-order valence-electron chi connectivity index (χ3n) is 4.83. The molecule has 12 heteroatoms. The molecule has 1 aliphatic rings. The predicted molar refractivity (Wildman–Crippen MR) is 118 cm³/mol. The summed E-state index contributed by atoms with van der Waals surface area (Å²) in [5.74, 6) is -2.67. The molecule has 3 amide bonds. The van der Waals surface area contributed by atoms with Gasteiger partial charge in [0.2, 0.25) is 5.91 Å². The Hall–Kier alpha value is -4.48. The van der Waals surface area contributed by atoms with Gasteiger partial charge < -0.3 is 14.8 Å². The van der Waals surface area contributed by atoms with Crippen LogP contribution < -0.4 is 15.5 Å². The van der Waals surface area contributed by atoms with Gasteiger partial charge in [0.15, 0.2) is 6.61 Å². The van der Waals surface area contributed by atoms with Gasteiger partial charge in [0.1, 0.15) is 5.75 Å². The van der Waals surface area contributed by atoms with Gasteiger partial charge in [0, 0.05) is 29.8 Å². The first-order valence-electron chi connectivity index (χ1n) is 10.3. The maximum Gasteiger partial charge on any atom is 0.311 e. The average Bonchev–Trinajstić information content (AvgIpc) is 3.19. The molecule has 1 atom stereocenters. The SMILES string of the molecule is CCOc1ccc(NC(=O)COC(=O)[C@H]2CC(=O)N(NC(=O)c3ccc([N+](=O)[O-])cc3)C2)cc1. The van der Waals surface area contributed by atoms with Crippen LogP contribution in [0.4, 0.5) is 11.4 Å². The van der Waals surface area contributed by atoms with Crippen molar-refractivity contribution in [2.75, 3.05) is 25.1 Å². The van der Waals surface area contributed by atoms with E-state index < -0.39 is 41.1 Å². The topological polar surface area (TPSA) is 157 Å². The molecule has 3 rings (SSSR count). The van der Waals surface area contributed by atoms with E-state index in [1.54, 1.807) is 24.3 Å². The molecule has 2 N–H and O–H groups in total. The van der Waals surface area contributed by atoms with Gasteiger partial charge in [-0.3, -0.25) is 39.7 Å². The maximum atomic E-state index is 12.3. The smallest absolute Gasteiger partial charge is 0.311 e. The number of hydrogen-bond donors (Lipinski definition) is 2. The van der Waals surface area contributed by atoms with Gasteiger partial charge in [-0.05, 0) is 43.3 Å². The predicted octanol–water partition coefficient (Wildman–Crippen LogP) is 1.67. The summed E-state index contributed by atoms with van der Waals surface area (Å²) in [7, 11) is 0. The highest BCUT2D eigenvalue weighted by Gasteiger charge is 2.36. The van der Waals surface area contributed by atoms with Crippen LogP contribution in [-0.2, 0) is 19.1 Å². The molecule has 1 heterocycles. The summed E-state index contributed by atoms with van der Waals surface area (Å²) in [6.45, 7) is 1.71. The van der Waals surface area contributed by atoms with Crippen molar-refractivity contribution in [3.8, 4) is 5.75 Å². The highest BCUT2D eigenvalue weighted by molar-refractivity contribution is 5.97. The number of rotatable bonds is 9. The minimum Gasteiger partial charge on any atom is -0.494 e. The quantitative estimate of drug-likeness (QED) is 0.318. The van der Waals surface area contributed by atoms with Crippen molar-refractivity contribution in [3.05, 3.63) is 64.2 Å². The largest absolute Gasteiger partial charge is 0.494 e. The Morgan fingerprint density at radius 3 is 2.41 bits per heavy atom. The van der Waals surface area contributed by atoms with E-state index in [4.69, 9.17) is 9.47 Å². The molecular formula is C22H22N4O8. The number of hydrazine groups is 1. The molecule has 1 saturated heterocycles. The lowest BCUT2D eigenvalue weighted by atomic mass is 10.1. The number of ether oxygens (including phenoxy) is 2. The van der Waals surface area contributed by atoms with E-state index in [2.05, 4.69) is 10.7 Å². The summed E-state index contributed by atoms with van der Waals surface area (Å²) >= 11 is 0. The Labute approximate surface area is 193 Å². The van der Waals surface area contributed by atoms with Crippen molar-refractivity contribution >= 4 is 35.1 Å². The zero-order chi connectivity index (χ0) is 24.7. The molecule has 2 aromatic carbocycles. The molecule has 12 nitrogen and oxygen atoms in total. The summed E-state index contributed by atoms with van der Waals surface area (Å²) in [5, 5.41) is 14.3. The van der Waals surface area contributed by atoms with Gasteiger partial charge in [-0.15, -0.1) is 0 Å². The third-order valence-corrected chi connectivity index (χ3v) is 4.83. The van der Waals surface area contributed by atoms with Crippen molar-refractivity contribution in [2.45, 2.75) is 13.3 Å². The van der Waals surface area contributed by atoms with Crippen molar-refractivity contribution in [3.63, 3.8) is 0 Å². The lowest BCUT2D eigenvalue weighted by molar-refractivity contribution is -0.384. The Morgan fingerprint density at radius 2 is 1.79 bits per heavy atom. The van der Waals surface area contributed by atoms with Gasteiger partial charge >= 0.3 is 5.97 Å². The van der Waals surface area contributed by atoms with E-state index in [-0.39, 0.29) is 24.2 Å². The van der Waals surface area contributed by atoms with Gasteiger partial charge in [-0.25, -0.2) is 0 Å². The number of carbonyl (C=O) groups excluding carboxylic acids is 4. The maximum absolute atomic E-state index is 12.3. The van der Waals surface area contributed by atoms with Gasteiger partial charge in [0.25, 0.3) is 17.5 Å². The fourth-order valence-electron chi connectivity index (χ4n) is 3.15. The molecular weight excluding hydrogens is 448 g/mol. The van der Waals surface area contributed by atoms with E-state index >= 15 is 0 Å². The third kappa shape index (κ3) is 6.28. The molecule has 178 valence electrons. The number of amides is 3. The summed E-state index contributed by atoms with van der Waals surface area (Å²) < 4.78 is 10.3. The van der Waals surface area contributed by atoms with E-state index in [0.29, 0.717) is 18.0 Å². The van der Waals surface area contributed by atoms with Gasteiger partial charge in [0.05, 0.1) is 24.0 Å². The first-order valence-corrected chi connectivity index (χ1v) is 10.3. The van der Waals surface area contributed by atoms with Crippen LogP contribution in [0.1, 0.15) is 23.7 Å². The number of non-ortho nitro benzene ring substituents is 1. The Morgan fingerprint density at radius 1 is 1.12 bits per heavy atom. The van der Waals surface area contributed by atoms with Crippen molar-refractivity contribution in [1.82, 2.24) is 10.4 Å². The van der Waals surface area contributed by atoms with E-state index in [1.165, 1.54) is 24.3 Å². The van der Waals surface area contributed by atoms with Gasteiger partial charge in [-0.2, -0.15) is 0 Å². The molecule has 0 aliphatic carbocycles. The number of nitrogens with zero attached hydrogens (tertiary/aromatic N) is 2. The van der Waals surface area contributed by atoms with Crippen molar-refractivity contribution < 1.29 is 33.6 Å². The fraction of sp³-hybridized carbons (Fsp3) is 0.273. The normalized spacial score (nSPS) is 14.9. The minimum atomic E-state index is -0.858. The number of nitro benzene ring substituents is 1. The lowest BCUT2D eigenvalue weighted by Crippen LogP contribution is -2.43. The second-order valence-corrected chi connectivity index (χ2v) is 7.26. The zero-order valence-electron chi connectivity index (χ0n) is 18.2. The number of hydrogen-bond acceptors (Lipinski definition) is 8. The molecule has 0 unspecified atom stereocenters. The molecule has 0 spiro atoms. The van der Waals surface area contributed by atoms with Crippen LogP contribution >= 0.6 is 0 Å². The standard InChI is InChI=1S/C22H22N4O8/c1-2-33-18-9-5-16(6-10-18)23-19(27)13-34-22(30)15-11-20(28)25(12-15)24-21(29)14-3-7-17(8-4-14)26(31)32/h3-10,15H,2,11-13H2,1H3,(H,23,27)(H,24,29)/t15-/m0/s1. The lowest BCUT2D eigenvalue weighted by Gasteiger charge is -2.17. The highest BCUT2D eigenvalue weighted by Crippen LogP contribution is 2.19. The van der Waals surface area contributed by atoms with Crippen LogP contribution in [0.2, 0.25) is 0 Å². The molecule has 0 aromatic heterocycles. The highest BCUT2D eigenvalue weighted by atomic mass is 16.6. The molecule has 1 fully saturated rings. The van der Waals surface area contributed by atoms with Crippen LogP contribution in [0.3, 0.4) is 0 Å². The summed E-state index contributed by atoms with van der Waals surface area (Å²) in [6.07, 6.45) is -0.195. The Bertz CT molecular complexity index is 1090. The summed E-state index contributed by atoms with van der Waals surface area (Å²) in [4.78, 5) is 58.9. The summed E-state index contributed by atoms with van der Waals surface area (Å²) in [6, 6.07) is 11.5. The van der Waals surface area contributed by atoms with E-state index in [9.17, 15) is 29.3 Å². The van der Waals surface area contributed by atoms with Crippen LogP contribution in [0.5, 0.6) is 5.75 Å². The number of nitrogens with one attached hydrogen (secondary N) is 2. The van der Waals surface area contributed by atoms with Crippen LogP contribution in [0, 0.1) is 16.0 Å². The minimum absolute atomic E-state index is 0.107. The van der Waals surface area contributed by atoms with Gasteiger partial charge in [-0.1, -0.05) is 0 Å². The average molecular weight is 470 g/mol. The monoisotopic (exact) mass is 470 g/mol. The second kappa shape index (κ2) is 10.9. The van der Waals surface area contributed by atoms with E-state index in [1.807, 2.05) is 6.92 Å². The second-order valence-electron chi connectivity index (χ2n) is 7.26.